The Hall–Kier alpha value is -0.465. The fraction of sp³-hybridized carbons (Fsp3) is 0.917. The average Bonchev–Trinajstić information content (AvgIpc) is 2.30. The summed E-state index contributed by atoms with van der Waals surface area (Å²) in [4.78, 5) is 2.15. The van der Waals surface area contributed by atoms with Crippen molar-refractivity contribution in [1.82, 2.24) is 4.90 Å². The van der Waals surface area contributed by atoms with E-state index >= 15 is 0 Å². The maximum atomic E-state index is 8.17. The van der Waals surface area contributed by atoms with Crippen LogP contribution in [-0.4, -0.2) is 32.2 Å². The summed E-state index contributed by atoms with van der Waals surface area (Å²) in [5.74, 6) is 2.25. The van der Waals surface area contributed by atoms with Crippen LogP contribution in [0.2, 0.25) is 5.31 Å². The van der Waals surface area contributed by atoms with E-state index in [1.165, 1.54) is 32.1 Å². The first kappa shape index (κ1) is 11.0. The third-order valence-electron chi connectivity index (χ3n) is 4.35. The summed E-state index contributed by atoms with van der Waals surface area (Å²) < 4.78 is 0. The van der Waals surface area contributed by atoms with Gasteiger partial charge in [-0.3, -0.25) is 5.41 Å². The van der Waals surface area contributed by atoms with E-state index in [1.54, 1.807) is 0 Å². The molecule has 2 rings (SSSR count). The molecule has 1 N–H and O–H groups in total. The predicted molar refractivity (Wildman–Crippen MR) is 67.3 cm³/mol. The van der Waals surface area contributed by atoms with E-state index in [4.69, 9.17) is 5.41 Å². The highest BCUT2D eigenvalue weighted by molar-refractivity contribution is 6.14. The smallest absolute Gasteiger partial charge is 0.109 e. The molecule has 0 aromatic rings. The molecule has 2 nitrogen and oxygen atoms in total. The average molecular weight is 206 g/mol. The number of hydrogen-bond acceptors (Lipinski definition) is 1. The van der Waals surface area contributed by atoms with E-state index in [-0.39, 0.29) is 0 Å². The predicted octanol–water partition coefficient (Wildman–Crippen LogP) is 1.92. The Morgan fingerprint density at radius 3 is 2.93 bits per heavy atom. The molecule has 0 amide bonds. The molecule has 84 valence electrons. The summed E-state index contributed by atoms with van der Waals surface area (Å²) in [6.45, 7) is 3.49. The van der Waals surface area contributed by atoms with Crippen LogP contribution >= 0.6 is 0 Å². The first-order valence-electron chi connectivity index (χ1n) is 6.29. The monoisotopic (exact) mass is 206 g/mol. The largest absolute Gasteiger partial charge is 0.363 e. The van der Waals surface area contributed by atoms with E-state index in [1.807, 2.05) is 0 Å². The third-order valence-corrected chi connectivity index (χ3v) is 4.35. The molecule has 2 fully saturated rings. The van der Waals surface area contributed by atoms with Crippen molar-refractivity contribution in [3.63, 3.8) is 0 Å². The Labute approximate surface area is 94.3 Å². The highest BCUT2D eigenvalue weighted by Gasteiger charge is 2.37. The highest BCUT2D eigenvalue weighted by atomic mass is 15.1. The molecule has 1 saturated heterocycles. The van der Waals surface area contributed by atoms with Crippen LogP contribution in [0.4, 0.5) is 0 Å². The number of rotatable bonds is 0. The standard InChI is InChI=1S/C12H23BN2/c1-12(13)6-3-4-10-9(8-12)5-7-15(2)11(10)14/h9-10,14H,3-8,13H2,1-2H3. The number of nitrogens with zero attached hydrogens (tertiary/aromatic N) is 1. The van der Waals surface area contributed by atoms with Crippen LogP contribution in [0.5, 0.6) is 0 Å². The van der Waals surface area contributed by atoms with Crippen LogP contribution < -0.4 is 0 Å². The SMILES string of the molecule is BC1(C)CCCC2C(=N)N(C)CCC2C1. The van der Waals surface area contributed by atoms with Crippen molar-refractivity contribution in [1.29, 1.82) is 5.41 Å². The van der Waals surface area contributed by atoms with E-state index in [0.717, 1.165) is 18.3 Å². The van der Waals surface area contributed by atoms with Crippen LogP contribution in [0.15, 0.2) is 0 Å². The van der Waals surface area contributed by atoms with Gasteiger partial charge in [-0.25, -0.2) is 0 Å². The van der Waals surface area contributed by atoms with Crippen molar-refractivity contribution >= 4 is 13.7 Å². The number of likely N-dealkylation sites (tertiary alicyclic amines) is 1. The van der Waals surface area contributed by atoms with Gasteiger partial charge in [-0.15, -0.1) is 0 Å². The van der Waals surface area contributed by atoms with Gasteiger partial charge >= 0.3 is 0 Å². The van der Waals surface area contributed by atoms with Gasteiger partial charge in [0.05, 0.1) is 5.84 Å². The molecule has 3 unspecified atom stereocenters. The minimum absolute atomic E-state index is 0.510. The number of fused-ring (bicyclic) bond motifs is 1. The lowest BCUT2D eigenvalue weighted by atomic mass is 9.62. The fourth-order valence-electron chi connectivity index (χ4n) is 3.42. The summed E-state index contributed by atoms with van der Waals surface area (Å²) in [6.07, 6.45) is 6.53. The Balaban J connectivity index is 2.13. The minimum atomic E-state index is 0.510. The molecule has 3 atom stereocenters. The van der Waals surface area contributed by atoms with Gasteiger partial charge in [-0.05, 0) is 18.8 Å². The molecule has 0 aromatic heterocycles. The van der Waals surface area contributed by atoms with Crippen molar-refractivity contribution < 1.29 is 0 Å². The van der Waals surface area contributed by atoms with Crippen LogP contribution in [0, 0.1) is 17.2 Å². The summed E-state index contributed by atoms with van der Waals surface area (Å²) in [5.41, 5.74) is 0. The first-order chi connectivity index (χ1) is 6.99. The van der Waals surface area contributed by atoms with Gasteiger partial charge in [0.25, 0.3) is 0 Å². The van der Waals surface area contributed by atoms with Crippen molar-refractivity contribution in [3.8, 4) is 0 Å². The van der Waals surface area contributed by atoms with Gasteiger partial charge in [0.15, 0.2) is 0 Å². The molecule has 0 bridgehead atoms. The Kier molecular flexibility index (Phi) is 2.82. The van der Waals surface area contributed by atoms with Crippen LogP contribution in [-0.2, 0) is 0 Å². The lowest BCUT2D eigenvalue weighted by Crippen LogP contribution is -2.42. The molecule has 0 spiro atoms. The molecule has 15 heavy (non-hydrogen) atoms. The highest BCUT2D eigenvalue weighted by Crippen LogP contribution is 2.45. The summed E-state index contributed by atoms with van der Waals surface area (Å²) in [6, 6.07) is 0. The van der Waals surface area contributed by atoms with E-state index < -0.39 is 0 Å². The van der Waals surface area contributed by atoms with E-state index in [0.29, 0.717) is 11.2 Å². The number of hydrogen-bond donors (Lipinski definition) is 1. The van der Waals surface area contributed by atoms with Crippen LogP contribution in [0.1, 0.15) is 39.0 Å². The lowest BCUT2D eigenvalue weighted by Gasteiger charge is -2.39. The molecule has 2 aliphatic rings. The lowest BCUT2D eigenvalue weighted by molar-refractivity contribution is 0.253. The molecule has 3 heteroatoms. The van der Waals surface area contributed by atoms with E-state index in [2.05, 4.69) is 26.7 Å². The second-order valence-corrected chi connectivity index (χ2v) is 6.22. The zero-order chi connectivity index (χ0) is 11.1. The first-order valence-corrected chi connectivity index (χ1v) is 6.29. The zero-order valence-electron chi connectivity index (χ0n) is 10.3. The normalized spacial score (nSPS) is 42.3. The quantitative estimate of drug-likeness (QED) is 0.602. The topological polar surface area (TPSA) is 27.1 Å². The third kappa shape index (κ3) is 2.21. The molecule has 0 radical (unpaired) electrons. The number of nitrogens with one attached hydrogen (secondary N) is 1. The van der Waals surface area contributed by atoms with Gasteiger partial charge in [-0.2, -0.15) is 0 Å². The molecule has 1 saturated carbocycles. The Bertz CT molecular complexity index is 262. The number of piperidine rings is 1. The maximum absolute atomic E-state index is 8.17. The van der Waals surface area contributed by atoms with Crippen molar-refractivity contribution in [2.75, 3.05) is 13.6 Å². The second-order valence-electron chi connectivity index (χ2n) is 6.22. The molecular formula is C12H23BN2. The molecule has 1 aliphatic carbocycles. The summed E-state index contributed by atoms with van der Waals surface area (Å²) in [7, 11) is 4.48. The molecule has 1 heterocycles. The number of amidine groups is 1. The maximum Gasteiger partial charge on any atom is 0.109 e. The van der Waals surface area contributed by atoms with Crippen molar-refractivity contribution in [3.05, 3.63) is 0 Å². The van der Waals surface area contributed by atoms with Gasteiger partial charge in [0.1, 0.15) is 7.85 Å². The van der Waals surface area contributed by atoms with Gasteiger partial charge in [0, 0.05) is 19.5 Å². The van der Waals surface area contributed by atoms with Gasteiger partial charge < -0.3 is 4.90 Å². The second kappa shape index (κ2) is 3.84. The fourth-order valence-corrected chi connectivity index (χ4v) is 3.42. The summed E-state index contributed by atoms with van der Waals surface area (Å²) in [5, 5.41) is 8.68. The van der Waals surface area contributed by atoms with E-state index in [9.17, 15) is 0 Å². The van der Waals surface area contributed by atoms with Crippen LogP contribution in [0.25, 0.3) is 0 Å². The Morgan fingerprint density at radius 2 is 2.20 bits per heavy atom. The Morgan fingerprint density at radius 1 is 1.47 bits per heavy atom. The van der Waals surface area contributed by atoms with Crippen molar-refractivity contribution in [2.24, 2.45) is 11.8 Å². The van der Waals surface area contributed by atoms with Crippen LogP contribution in [0.3, 0.4) is 0 Å². The zero-order valence-corrected chi connectivity index (χ0v) is 10.3. The minimum Gasteiger partial charge on any atom is -0.363 e. The molecular weight excluding hydrogens is 183 g/mol. The van der Waals surface area contributed by atoms with Crippen molar-refractivity contribution in [2.45, 2.75) is 44.3 Å². The molecule has 1 aliphatic heterocycles. The molecule has 0 aromatic carbocycles. The van der Waals surface area contributed by atoms with Gasteiger partial charge in [0.2, 0.25) is 0 Å². The van der Waals surface area contributed by atoms with Gasteiger partial charge in [-0.1, -0.05) is 31.5 Å². The summed E-state index contributed by atoms with van der Waals surface area (Å²) >= 11 is 0.